The van der Waals surface area contributed by atoms with Crippen LogP contribution in [0.5, 0.6) is 0 Å². The van der Waals surface area contributed by atoms with Crippen molar-refractivity contribution in [3.8, 4) is 11.4 Å². The average Bonchev–Trinajstić information content (AvgIpc) is 2.62. The van der Waals surface area contributed by atoms with Crippen LogP contribution in [0.25, 0.3) is 22.3 Å². The minimum Gasteiger partial charge on any atom is -0.232 e. The molecule has 1 aliphatic carbocycles. The third kappa shape index (κ3) is 2.74. The van der Waals surface area contributed by atoms with Crippen LogP contribution in [0, 0.1) is 5.92 Å². The Morgan fingerprint density at radius 2 is 1.57 bits per heavy atom. The van der Waals surface area contributed by atoms with Gasteiger partial charge in [-0.1, -0.05) is 74.7 Å². The average molecular weight is 302 g/mol. The number of hydrogen-bond donors (Lipinski definition) is 0. The van der Waals surface area contributed by atoms with Crippen molar-refractivity contribution >= 4 is 10.9 Å². The van der Waals surface area contributed by atoms with Crippen molar-refractivity contribution in [2.24, 2.45) is 5.92 Å². The first-order valence-electron chi connectivity index (χ1n) is 8.65. The van der Waals surface area contributed by atoms with Gasteiger partial charge >= 0.3 is 0 Å². The fourth-order valence-electron chi connectivity index (χ4n) is 3.82. The minimum atomic E-state index is 0.555. The lowest BCUT2D eigenvalue weighted by molar-refractivity contribution is 0.327. The van der Waals surface area contributed by atoms with E-state index in [0.717, 1.165) is 16.9 Å². The van der Waals surface area contributed by atoms with Gasteiger partial charge in [0.05, 0.1) is 11.2 Å². The zero-order valence-electron chi connectivity index (χ0n) is 13.6. The van der Waals surface area contributed by atoms with E-state index in [1.165, 1.54) is 36.8 Å². The molecule has 0 N–H and O–H groups in total. The molecule has 1 aromatic heterocycles. The number of hydrogen-bond acceptors (Lipinski definition) is 2. The number of para-hydroxylation sites is 1. The van der Waals surface area contributed by atoms with Crippen molar-refractivity contribution in [2.45, 2.75) is 38.5 Å². The molecule has 1 aliphatic rings. The maximum absolute atomic E-state index is 5.03. The molecule has 1 fully saturated rings. The second-order valence-electron chi connectivity index (χ2n) is 6.68. The van der Waals surface area contributed by atoms with Crippen LogP contribution >= 0.6 is 0 Å². The third-order valence-electron chi connectivity index (χ3n) is 5.13. The highest BCUT2D eigenvalue weighted by molar-refractivity contribution is 5.83. The van der Waals surface area contributed by atoms with Crippen LogP contribution in [0.3, 0.4) is 0 Å². The van der Waals surface area contributed by atoms with Gasteiger partial charge in [0, 0.05) is 16.9 Å². The van der Waals surface area contributed by atoms with E-state index >= 15 is 0 Å². The molecule has 2 aromatic carbocycles. The molecule has 0 saturated heterocycles. The van der Waals surface area contributed by atoms with Crippen molar-refractivity contribution in [2.75, 3.05) is 0 Å². The van der Waals surface area contributed by atoms with E-state index in [2.05, 4.69) is 55.5 Å². The van der Waals surface area contributed by atoms with Crippen LogP contribution in [0.1, 0.15) is 44.2 Å². The summed E-state index contributed by atoms with van der Waals surface area (Å²) in [6, 6.07) is 18.8. The normalized spacial score (nSPS) is 21.4. The minimum absolute atomic E-state index is 0.555. The summed E-state index contributed by atoms with van der Waals surface area (Å²) in [6.07, 6.45) is 5.22. The molecule has 0 amide bonds. The van der Waals surface area contributed by atoms with Crippen LogP contribution in [0.4, 0.5) is 0 Å². The van der Waals surface area contributed by atoms with Gasteiger partial charge in [0.2, 0.25) is 0 Å². The number of fused-ring (bicyclic) bond motifs is 1. The second-order valence-corrected chi connectivity index (χ2v) is 6.68. The molecule has 2 unspecified atom stereocenters. The molecule has 4 rings (SSSR count). The van der Waals surface area contributed by atoms with Crippen LogP contribution in [-0.2, 0) is 0 Å². The molecule has 2 heteroatoms. The first-order valence-corrected chi connectivity index (χ1v) is 8.65. The Hall–Kier alpha value is -2.22. The lowest BCUT2D eigenvalue weighted by Gasteiger charge is -2.29. The Kier molecular flexibility index (Phi) is 3.82. The Balaban J connectivity index is 1.91. The molecule has 0 aliphatic heterocycles. The zero-order valence-corrected chi connectivity index (χ0v) is 13.6. The Bertz CT molecular complexity index is 810. The zero-order chi connectivity index (χ0) is 15.6. The van der Waals surface area contributed by atoms with Gasteiger partial charge in [-0.15, -0.1) is 0 Å². The van der Waals surface area contributed by atoms with Crippen molar-refractivity contribution in [3.05, 3.63) is 60.3 Å². The van der Waals surface area contributed by atoms with Crippen LogP contribution in [-0.4, -0.2) is 9.97 Å². The summed E-state index contributed by atoms with van der Waals surface area (Å²) in [4.78, 5) is 9.85. The Morgan fingerprint density at radius 1 is 0.826 bits per heavy atom. The molecule has 0 bridgehead atoms. The summed E-state index contributed by atoms with van der Waals surface area (Å²) in [7, 11) is 0. The third-order valence-corrected chi connectivity index (χ3v) is 5.13. The molecular weight excluding hydrogens is 280 g/mol. The molecule has 1 saturated carbocycles. The van der Waals surface area contributed by atoms with E-state index in [4.69, 9.17) is 9.97 Å². The van der Waals surface area contributed by atoms with E-state index in [0.29, 0.717) is 11.8 Å². The lowest BCUT2D eigenvalue weighted by Crippen LogP contribution is -2.17. The number of nitrogens with zero attached hydrogens (tertiary/aromatic N) is 2. The van der Waals surface area contributed by atoms with Gasteiger partial charge in [0.1, 0.15) is 0 Å². The Morgan fingerprint density at radius 3 is 2.39 bits per heavy atom. The summed E-state index contributed by atoms with van der Waals surface area (Å²) in [5, 5.41) is 1.23. The predicted molar refractivity (Wildman–Crippen MR) is 95.3 cm³/mol. The standard InChI is InChI=1S/C21H22N2/c1-15-9-5-6-12-17(15)20-18-13-7-8-14-19(18)22-21(23-20)16-10-3-2-4-11-16/h2-4,7-8,10-11,13-15,17H,5-6,9,12H2,1H3. The molecule has 116 valence electrons. The molecule has 0 radical (unpaired) electrons. The van der Waals surface area contributed by atoms with Gasteiger partial charge in [0.25, 0.3) is 0 Å². The monoisotopic (exact) mass is 302 g/mol. The van der Waals surface area contributed by atoms with E-state index in [1.807, 2.05) is 6.07 Å². The van der Waals surface area contributed by atoms with Crippen molar-refractivity contribution in [1.82, 2.24) is 9.97 Å². The highest BCUT2D eigenvalue weighted by Gasteiger charge is 2.26. The fourth-order valence-corrected chi connectivity index (χ4v) is 3.82. The van der Waals surface area contributed by atoms with Gasteiger partial charge in [-0.3, -0.25) is 0 Å². The van der Waals surface area contributed by atoms with Gasteiger partial charge in [-0.2, -0.15) is 0 Å². The second kappa shape index (κ2) is 6.11. The largest absolute Gasteiger partial charge is 0.232 e. The lowest BCUT2D eigenvalue weighted by atomic mass is 9.77. The van der Waals surface area contributed by atoms with Gasteiger partial charge < -0.3 is 0 Å². The first-order chi connectivity index (χ1) is 11.3. The summed E-state index contributed by atoms with van der Waals surface area (Å²) in [6.45, 7) is 2.38. The molecule has 0 spiro atoms. The van der Waals surface area contributed by atoms with Crippen LogP contribution in [0.15, 0.2) is 54.6 Å². The predicted octanol–water partition coefficient (Wildman–Crippen LogP) is 5.59. The van der Waals surface area contributed by atoms with E-state index < -0.39 is 0 Å². The smallest absolute Gasteiger partial charge is 0.160 e. The molecule has 2 nitrogen and oxygen atoms in total. The maximum Gasteiger partial charge on any atom is 0.160 e. The summed E-state index contributed by atoms with van der Waals surface area (Å²) < 4.78 is 0. The molecule has 2 atom stereocenters. The summed E-state index contributed by atoms with van der Waals surface area (Å²) in [5.74, 6) is 2.11. The SMILES string of the molecule is CC1CCCCC1c1nc(-c2ccccc2)nc2ccccc12. The topological polar surface area (TPSA) is 25.8 Å². The first kappa shape index (κ1) is 14.4. The maximum atomic E-state index is 5.03. The number of benzene rings is 2. The summed E-state index contributed by atoms with van der Waals surface area (Å²) >= 11 is 0. The van der Waals surface area contributed by atoms with E-state index in [1.54, 1.807) is 0 Å². The van der Waals surface area contributed by atoms with Crippen molar-refractivity contribution in [3.63, 3.8) is 0 Å². The van der Waals surface area contributed by atoms with Gasteiger partial charge in [-0.05, 0) is 18.4 Å². The highest BCUT2D eigenvalue weighted by atomic mass is 14.9. The molecular formula is C21H22N2. The van der Waals surface area contributed by atoms with Crippen LogP contribution in [0.2, 0.25) is 0 Å². The molecule has 3 aromatic rings. The number of rotatable bonds is 2. The van der Waals surface area contributed by atoms with Crippen LogP contribution < -0.4 is 0 Å². The summed E-state index contributed by atoms with van der Waals surface area (Å²) in [5.41, 5.74) is 3.42. The van der Waals surface area contributed by atoms with Crippen molar-refractivity contribution < 1.29 is 0 Å². The molecule has 23 heavy (non-hydrogen) atoms. The van der Waals surface area contributed by atoms with Gasteiger partial charge in [-0.25, -0.2) is 9.97 Å². The van der Waals surface area contributed by atoms with Gasteiger partial charge in [0.15, 0.2) is 5.82 Å². The van der Waals surface area contributed by atoms with Crippen molar-refractivity contribution in [1.29, 1.82) is 0 Å². The molecule has 1 heterocycles. The number of aromatic nitrogens is 2. The van der Waals surface area contributed by atoms with E-state index in [9.17, 15) is 0 Å². The fraction of sp³-hybridized carbons (Fsp3) is 0.333. The highest BCUT2D eigenvalue weighted by Crippen LogP contribution is 2.39. The quantitative estimate of drug-likeness (QED) is 0.616. The van der Waals surface area contributed by atoms with E-state index in [-0.39, 0.29) is 0 Å². The Labute approximate surface area is 137 Å².